The Morgan fingerprint density at radius 3 is 2.07 bits per heavy atom. The summed E-state index contributed by atoms with van der Waals surface area (Å²) in [5.74, 6) is -2.42. The van der Waals surface area contributed by atoms with Gasteiger partial charge < -0.3 is 26.4 Å². The first-order valence-corrected chi connectivity index (χ1v) is 8.85. The number of fused-ring (bicyclic) bond motifs is 2. The molecule has 0 bridgehead atoms. The van der Waals surface area contributed by atoms with Crippen LogP contribution in [0.2, 0.25) is 0 Å². The molecule has 6 N–H and O–H groups in total. The quantitative estimate of drug-likeness (QED) is 0.172. The average Bonchev–Trinajstić information content (AvgIpc) is 2.69. The molecule has 0 radical (unpaired) electrons. The van der Waals surface area contributed by atoms with E-state index in [0.29, 0.717) is 11.3 Å². The van der Waals surface area contributed by atoms with Crippen molar-refractivity contribution < 1.29 is 29.3 Å². The van der Waals surface area contributed by atoms with Gasteiger partial charge in [-0.1, -0.05) is 12.1 Å². The largest absolute Gasteiger partial charge is 0.507 e. The SMILES string of the molecule is CC(=O)Oc1ccc(-c2cc(N)c3c(c2O)C(=O)c2c(N)ccc(O)c2C3=O)cc1. The summed E-state index contributed by atoms with van der Waals surface area (Å²) in [7, 11) is 0. The van der Waals surface area contributed by atoms with Crippen LogP contribution in [0.3, 0.4) is 0 Å². The molecule has 30 heavy (non-hydrogen) atoms. The monoisotopic (exact) mass is 404 g/mol. The fourth-order valence-corrected chi connectivity index (χ4v) is 3.58. The Morgan fingerprint density at radius 2 is 1.43 bits per heavy atom. The topological polar surface area (TPSA) is 153 Å². The van der Waals surface area contributed by atoms with Crippen LogP contribution >= 0.6 is 0 Å². The number of benzene rings is 3. The van der Waals surface area contributed by atoms with Crippen LogP contribution in [-0.4, -0.2) is 27.7 Å². The van der Waals surface area contributed by atoms with Gasteiger partial charge in [-0.15, -0.1) is 0 Å². The van der Waals surface area contributed by atoms with E-state index in [0.717, 1.165) is 0 Å². The second-order valence-electron chi connectivity index (χ2n) is 6.81. The molecule has 0 amide bonds. The smallest absolute Gasteiger partial charge is 0.308 e. The van der Waals surface area contributed by atoms with E-state index in [1.54, 1.807) is 12.1 Å². The molecule has 3 aromatic rings. The second-order valence-corrected chi connectivity index (χ2v) is 6.81. The third-order valence-electron chi connectivity index (χ3n) is 4.88. The minimum absolute atomic E-state index is 0.000842. The van der Waals surface area contributed by atoms with Crippen molar-refractivity contribution in [3.05, 3.63) is 64.7 Å². The van der Waals surface area contributed by atoms with Gasteiger partial charge in [0.05, 0.1) is 22.3 Å². The van der Waals surface area contributed by atoms with Crippen molar-refractivity contribution in [2.75, 3.05) is 11.5 Å². The highest BCUT2D eigenvalue weighted by atomic mass is 16.5. The Kier molecular flexibility index (Phi) is 4.20. The zero-order chi connectivity index (χ0) is 21.7. The molecule has 0 spiro atoms. The molecule has 0 fully saturated rings. The molecule has 0 saturated heterocycles. The van der Waals surface area contributed by atoms with Crippen molar-refractivity contribution in [1.82, 2.24) is 0 Å². The number of phenolic OH excluding ortho intramolecular Hbond substituents is 2. The number of esters is 1. The molecule has 1 aliphatic rings. The van der Waals surface area contributed by atoms with Crippen LogP contribution in [-0.2, 0) is 4.79 Å². The van der Waals surface area contributed by atoms with Gasteiger partial charge in [-0.3, -0.25) is 14.4 Å². The van der Waals surface area contributed by atoms with Crippen LogP contribution in [0.25, 0.3) is 11.1 Å². The lowest BCUT2D eigenvalue weighted by molar-refractivity contribution is -0.131. The Labute approximate surface area is 170 Å². The highest BCUT2D eigenvalue weighted by molar-refractivity contribution is 6.33. The predicted octanol–water partition coefficient (Wildman–Crippen LogP) is 2.63. The first kappa shape index (κ1) is 19.0. The third kappa shape index (κ3) is 2.74. The molecule has 0 unspecified atom stereocenters. The summed E-state index contributed by atoms with van der Waals surface area (Å²) < 4.78 is 4.98. The van der Waals surface area contributed by atoms with Gasteiger partial charge in [0.15, 0.2) is 0 Å². The Morgan fingerprint density at radius 1 is 0.833 bits per heavy atom. The normalized spacial score (nSPS) is 12.3. The number of carbonyl (C=O) groups is 3. The van der Waals surface area contributed by atoms with Gasteiger partial charge in [-0.25, -0.2) is 0 Å². The van der Waals surface area contributed by atoms with Crippen LogP contribution < -0.4 is 16.2 Å². The lowest BCUT2D eigenvalue weighted by atomic mass is 9.80. The number of aromatic hydroxyl groups is 2. The summed E-state index contributed by atoms with van der Waals surface area (Å²) in [6, 6.07) is 10.1. The van der Waals surface area contributed by atoms with Gasteiger partial charge in [0.1, 0.15) is 17.2 Å². The van der Waals surface area contributed by atoms with Gasteiger partial charge in [-0.2, -0.15) is 0 Å². The summed E-state index contributed by atoms with van der Waals surface area (Å²) in [5, 5.41) is 21.0. The Balaban J connectivity index is 1.91. The molecule has 1 aliphatic carbocycles. The number of ether oxygens (including phenoxy) is 1. The van der Waals surface area contributed by atoms with Crippen molar-refractivity contribution >= 4 is 28.9 Å². The minimum Gasteiger partial charge on any atom is -0.507 e. The molecule has 8 heteroatoms. The van der Waals surface area contributed by atoms with Gasteiger partial charge in [0.2, 0.25) is 11.6 Å². The summed E-state index contributed by atoms with van der Waals surface area (Å²) in [5.41, 5.74) is 11.7. The molecule has 0 aromatic heterocycles. The summed E-state index contributed by atoms with van der Waals surface area (Å²) in [4.78, 5) is 37.2. The number of ketones is 2. The van der Waals surface area contributed by atoms with Crippen molar-refractivity contribution in [2.45, 2.75) is 6.92 Å². The lowest BCUT2D eigenvalue weighted by Crippen LogP contribution is -2.24. The van der Waals surface area contributed by atoms with Gasteiger partial charge in [-0.05, 0) is 35.9 Å². The second kappa shape index (κ2) is 6.63. The molecule has 0 saturated carbocycles. The lowest BCUT2D eigenvalue weighted by Gasteiger charge is -2.23. The molecular weight excluding hydrogens is 388 g/mol. The maximum Gasteiger partial charge on any atom is 0.308 e. The zero-order valence-electron chi connectivity index (χ0n) is 15.7. The van der Waals surface area contributed by atoms with Crippen LogP contribution in [0.15, 0.2) is 42.5 Å². The van der Waals surface area contributed by atoms with Crippen molar-refractivity contribution in [1.29, 1.82) is 0 Å². The van der Waals surface area contributed by atoms with E-state index in [1.165, 1.54) is 37.3 Å². The number of nitrogens with two attached hydrogens (primary N) is 2. The van der Waals surface area contributed by atoms with E-state index in [-0.39, 0.29) is 39.2 Å². The van der Waals surface area contributed by atoms with Crippen LogP contribution in [0, 0.1) is 0 Å². The van der Waals surface area contributed by atoms with Crippen LogP contribution in [0.5, 0.6) is 17.2 Å². The van der Waals surface area contributed by atoms with Crippen molar-refractivity contribution in [2.24, 2.45) is 0 Å². The van der Waals surface area contributed by atoms with E-state index in [4.69, 9.17) is 16.2 Å². The average molecular weight is 404 g/mol. The van der Waals surface area contributed by atoms with Gasteiger partial charge in [0.25, 0.3) is 0 Å². The zero-order valence-corrected chi connectivity index (χ0v) is 15.7. The molecule has 0 atom stereocenters. The number of anilines is 2. The molecule has 8 nitrogen and oxygen atoms in total. The molecule has 4 rings (SSSR count). The number of phenols is 2. The number of rotatable bonds is 2. The predicted molar refractivity (Wildman–Crippen MR) is 109 cm³/mol. The summed E-state index contributed by atoms with van der Waals surface area (Å²) in [6.45, 7) is 1.27. The first-order valence-electron chi connectivity index (χ1n) is 8.85. The van der Waals surface area contributed by atoms with E-state index in [1.807, 2.05) is 0 Å². The maximum atomic E-state index is 13.1. The highest BCUT2D eigenvalue weighted by Crippen LogP contribution is 2.45. The molecule has 0 heterocycles. The fraction of sp³-hybridized carbons (Fsp3) is 0.0455. The Bertz CT molecular complexity index is 1260. The van der Waals surface area contributed by atoms with Crippen LogP contribution in [0.4, 0.5) is 11.4 Å². The minimum atomic E-state index is -0.712. The van der Waals surface area contributed by atoms with E-state index in [9.17, 15) is 24.6 Å². The number of nitrogen functional groups attached to an aromatic ring is 2. The van der Waals surface area contributed by atoms with E-state index in [2.05, 4.69) is 0 Å². The maximum absolute atomic E-state index is 13.1. The number of hydrogen-bond donors (Lipinski definition) is 4. The van der Waals surface area contributed by atoms with Crippen molar-refractivity contribution in [3.63, 3.8) is 0 Å². The van der Waals surface area contributed by atoms with Crippen LogP contribution in [0.1, 0.15) is 38.8 Å². The van der Waals surface area contributed by atoms with Gasteiger partial charge in [0, 0.05) is 23.9 Å². The third-order valence-corrected chi connectivity index (χ3v) is 4.88. The summed E-state index contributed by atoms with van der Waals surface area (Å²) in [6.07, 6.45) is 0. The molecule has 150 valence electrons. The first-order chi connectivity index (χ1) is 14.2. The van der Waals surface area contributed by atoms with Gasteiger partial charge >= 0.3 is 5.97 Å². The molecule has 0 aliphatic heterocycles. The Hall–Kier alpha value is -4.33. The number of hydrogen-bond acceptors (Lipinski definition) is 8. The van der Waals surface area contributed by atoms with Crippen molar-refractivity contribution in [3.8, 4) is 28.4 Å². The van der Waals surface area contributed by atoms with E-state index < -0.39 is 29.0 Å². The molecular formula is C22H16N2O6. The standard InChI is InChI=1S/C22H16N2O6/c1-9(25)30-11-4-2-10(3-5-11)12-8-14(24)17-19(20(12)27)22(29)16-13(23)6-7-15(26)18(16)21(17)28/h2-8,26-27H,23-24H2,1H3. The molecule has 3 aromatic carbocycles. The number of carbonyl (C=O) groups excluding carboxylic acids is 3. The summed E-state index contributed by atoms with van der Waals surface area (Å²) >= 11 is 0. The highest BCUT2D eigenvalue weighted by Gasteiger charge is 2.38. The van der Waals surface area contributed by atoms with E-state index >= 15 is 0 Å². The fourth-order valence-electron chi connectivity index (χ4n) is 3.58.